The Labute approximate surface area is 225 Å². The van der Waals surface area contributed by atoms with Crippen molar-refractivity contribution in [3.8, 4) is 0 Å². The van der Waals surface area contributed by atoms with Crippen molar-refractivity contribution in [1.82, 2.24) is 16.2 Å². The minimum atomic E-state index is -4.57. The fourth-order valence-electron chi connectivity index (χ4n) is 5.76. The summed E-state index contributed by atoms with van der Waals surface area (Å²) in [6.45, 7) is 6.25. The monoisotopic (exact) mass is 566 g/mol. The number of alkyl halides is 6. The number of hydrazine groups is 1. The molecule has 0 radical (unpaired) electrons. The Morgan fingerprint density at radius 1 is 0.846 bits per heavy atom. The van der Waals surface area contributed by atoms with E-state index in [-0.39, 0.29) is 11.8 Å². The van der Waals surface area contributed by atoms with Crippen LogP contribution in [0.5, 0.6) is 0 Å². The predicted molar refractivity (Wildman–Crippen MR) is 134 cm³/mol. The first kappa shape index (κ1) is 30.5. The van der Waals surface area contributed by atoms with Crippen molar-refractivity contribution in [1.29, 1.82) is 0 Å². The van der Waals surface area contributed by atoms with E-state index in [0.717, 1.165) is 11.1 Å². The van der Waals surface area contributed by atoms with E-state index in [0.29, 0.717) is 32.1 Å². The van der Waals surface area contributed by atoms with Gasteiger partial charge in [0.15, 0.2) is 0 Å². The molecule has 7 unspecified atom stereocenters. The van der Waals surface area contributed by atoms with Gasteiger partial charge in [0.2, 0.25) is 0 Å². The van der Waals surface area contributed by atoms with E-state index in [2.05, 4.69) is 36.9 Å². The third-order valence-electron chi connectivity index (χ3n) is 8.04. The minimum Gasteiger partial charge on any atom is -0.359 e. The number of benzene rings is 1. The summed E-state index contributed by atoms with van der Waals surface area (Å²) in [5, 5.41) is 2.87. The van der Waals surface area contributed by atoms with Crippen LogP contribution in [0.2, 0.25) is 0 Å². The van der Waals surface area contributed by atoms with Gasteiger partial charge in [-0.15, -0.1) is 0 Å². The maximum Gasteiger partial charge on any atom is 0.395 e. The normalized spacial score (nSPS) is 35.4. The molecule has 3 heterocycles. The molecule has 0 amide bonds. The molecular weight excluding hydrogens is 526 g/mol. The number of ether oxygens (including phenoxy) is 2. The van der Waals surface area contributed by atoms with Crippen LogP contribution in [0.15, 0.2) is 24.3 Å². The van der Waals surface area contributed by atoms with Crippen molar-refractivity contribution in [2.24, 2.45) is 17.6 Å². The first-order chi connectivity index (χ1) is 18.1. The van der Waals surface area contributed by atoms with E-state index < -0.39 is 67.5 Å². The lowest BCUT2D eigenvalue weighted by atomic mass is 9.85. The van der Waals surface area contributed by atoms with Gasteiger partial charge in [-0.2, -0.15) is 26.3 Å². The molecule has 12 heteroatoms. The van der Waals surface area contributed by atoms with Crippen LogP contribution in [0.1, 0.15) is 70.4 Å². The molecule has 3 fully saturated rings. The lowest BCUT2D eigenvalue weighted by Gasteiger charge is -2.44. The second-order valence-electron chi connectivity index (χ2n) is 12.1. The van der Waals surface area contributed by atoms with E-state index in [4.69, 9.17) is 15.2 Å². The molecule has 0 spiro atoms. The summed E-state index contributed by atoms with van der Waals surface area (Å²) < 4.78 is 95.9. The number of fused-ring (bicyclic) bond motifs is 5. The van der Waals surface area contributed by atoms with Gasteiger partial charge in [-0.1, -0.05) is 64.3 Å². The average molecular weight is 567 g/mol. The molecule has 5 N–H and O–H groups in total. The van der Waals surface area contributed by atoms with Gasteiger partial charge in [0.05, 0.1) is 24.0 Å². The number of piperidine rings is 1. The highest BCUT2D eigenvalue weighted by molar-refractivity contribution is 5.29. The van der Waals surface area contributed by atoms with E-state index >= 15 is 0 Å². The quantitative estimate of drug-likeness (QED) is 0.377. The first-order valence-electron chi connectivity index (χ1n) is 13.7. The van der Waals surface area contributed by atoms with Crippen molar-refractivity contribution in [3.05, 3.63) is 35.4 Å². The zero-order valence-electron chi connectivity index (χ0n) is 22.5. The summed E-state index contributed by atoms with van der Waals surface area (Å²) >= 11 is 0. The highest BCUT2D eigenvalue weighted by Crippen LogP contribution is 2.39. The number of hydrogen-bond acceptors (Lipinski definition) is 6. The molecule has 3 aliphatic heterocycles. The second-order valence-corrected chi connectivity index (χ2v) is 12.1. The fraction of sp³-hybridized carbons (Fsp3) is 0.778. The highest BCUT2D eigenvalue weighted by Gasteiger charge is 2.54. The van der Waals surface area contributed by atoms with Crippen LogP contribution < -0.4 is 21.9 Å². The highest BCUT2D eigenvalue weighted by atomic mass is 19.4. The molecule has 3 saturated heterocycles. The Morgan fingerprint density at radius 3 is 2.18 bits per heavy atom. The summed E-state index contributed by atoms with van der Waals surface area (Å²) in [5.74, 6) is -3.63. The van der Waals surface area contributed by atoms with Crippen LogP contribution in [0.25, 0.3) is 0 Å². The van der Waals surface area contributed by atoms with Gasteiger partial charge in [-0.3, -0.25) is 5.32 Å². The van der Waals surface area contributed by atoms with E-state index in [1.165, 1.54) is 0 Å². The van der Waals surface area contributed by atoms with Crippen LogP contribution in [0.3, 0.4) is 0 Å². The van der Waals surface area contributed by atoms with Crippen molar-refractivity contribution in [2.75, 3.05) is 0 Å². The van der Waals surface area contributed by atoms with Crippen molar-refractivity contribution >= 4 is 0 Å². The van der Waals surface area contributed by atoms with Crippen LogP contribution in [0, 0.1) is 11.8 Å². The molecule has 1 aromatic rings. The molecule has 4 rings (SSSR count). The largest absolute Gasteiger partial charge is 0.395 e. The van der Waals surface area contributed by atoms with Crippen molar-refractivity contribution in [2.45, 2.75) is 120 Å². The Kier molecular flexibility index (Phi) is 9.24. The molecule has 0 aromatic heterocycles. The molecule has 0 aliphatic carbocycles. The van der Waals surface area contributed by atoms with Crippen molar-refractivity contribution in [3.63, 3.8) is 0 Å². The van der Waals surface area contributed by atoms with Gasteiger partial charge in [0.25, 0.3) is 0 Å². The molecule has 222 valence electrons. The zero-order chi connectivity index (χ0) is 28.6. The van der Waals surface area contributed by atoms with E-state index in [1.807, 2.05) is 24.3 Å². The van der Waals surface area contributed by atoms with E-state index in [1.54, 1.807) is 0 Å². The molecule has 1 aromatic carbocycles. The summed E-state index contributed by atoms with van der Waals surface area (Å²) in [4.78, 5) is 0. The van der Waals surface area contributed by atoms with Crippen LogP contribution in [-0.4, -0.2) is 49.2 Å². The predicted octanol–water partition coefficient (Wildman–Crippen LogP) is 5.02. The van der Waals surface area contributed by atoms with Crippen LogP contribution in [0.4, 0.5) is 26.3 Å². The number of nitrogens with two attached hydrogens (primary N) is 1. The van der Waals surface area contributed by atoms with Gasteiger partial charge < -0.3 is 15.2 Å². The van der Waals surface area contributed by atoms with Gasteiger partial charge in [0, 0.05) is 6.04 Å². The molecule has 6 nitrogen and oxygen atoms in total. The third-order valence-corrected chi connectivity index (χ3v) is 8.04. The number of hydrogen-bond donors (Lipinski definition) is 4. The van der Waals surface area contributed by atoms with Gasteiger partial charge in [-0.05, 0) is 42.2 Å². The smallest absolute Gasteiger partial charge is 0.359 e. The van der Waals surface area contributed by atoms with Gasteiger partial charge in [0.1, 0.15) is 18.7 Å². The fourth-order valence-corrected chi connectivity index (χ4v) is 5.76. The summed E-state index contributed by atoms with van der Waals surface area (Å²) in [6.07, 6.45) is -11.9. The SMILES string of the molecule is CC(C)(C)c1cccc(CC2CCCCC[C@@H](C(F)(F)F)C3NNC(O3)C3NC(O2)C(C(F)(F)F)CC3N)c1. The maximum absolute atomic E-state index is 14.1. The second kappa shape index (κ2) is 11.8. The van der Waals surface area contributed by atoms with Crippen molar-refractivity contribution < 1.29 is 35.8 Å². The lowest BCUT2D eigenvalue weighted by Crippen LogP contribution is -2.67. The van der Waals surface area contributed by atoms with Gasteiger partial charge in [-0.25, -0.2) is 10.9 Å². The third kappa shape index (κ3) is 7.65. The lowest BCUT2D eigenvalue weighted by molar-refractivity contribution is -0.239. The summed E-state index contributed by atoms with van der Waals surface area (Å²) in [5.41, 5.74) is 13.3. The van der Waals surface area contributed by atoms with Crippen LogP contribution >= 0.6 is 0 Å². The maximum atomic E-state index is 14.1. The minimum absolute atomic E-state index is 0.106. The Morgan fingerprint density at radius 2 is 1.51 bits per heavy atom. The van der Waals surface area contributed by atoms with Gasteiger partial charge >= 0.3 is 12.4 Å². The standard InChI is InChI=1S/C27H40F6N4O2/c1-25(2,3)16-9-7-8-15(12-16)13-17-10-5-4-6-11-18(26(28,29)30)23-36-37-24(39-23)21-20(34)14-19(27(31,32)33)22(35-21)38-17/h7-9,12,17-24,35-37H,4-6,10-11,13-14,34H2,1-3H3/t17?,18-,19?,20?,21?,22?,23?,24?/m1/s1. The molecular formula is C27H40F6N4O2. The number of halogens is 6. The Balaban J connectivity index is 1.61. The topological polar surface area (TPSA) is 80.6 Å². The summed E-state index contributed by atoms with van der Waals surface area (Å²) in [7, 11) is 0. The van der Waals surface area contributed by atoms with Crippen LogP contribution in [-0.2, 0) is 21.3 Å². The molecule has 39 heavy (non-hydrogen) atoms. The Hall–Kier alpha value is -1.44. The first-order valence-corrected chi connectivity index (χ1v) is 13.7. The zero-order valence-corrected chi connectivity index (χ0v) is 22.5. The number of nitrogens with one attached hydrogen (secondary N) is 3. The molecule has 4 bridgehead atoms. The molecule has 3 aliphatic rings. The molecule has 8 atom stereocenters. The Bertz CT molecular complexity index is 953. The molecule has 0 saturated carbocycles. The van der Waals surface area contributed by atoms with E-state index in [9.17, 15) is 26.3 Å². The average Bonchev–Trinajstić information content (AvgIpc) is 3.29. The summed E-state index contributed by atoms with van der Waals surface area (Å²) in [6, 6.07) is 5.99. The number of rotatable bonds is 2.